The summed E-state index contributed by atoms with van der Waals surface area (Å²) in [6, 6.07) is 0. The molecule has 1 rings (SSSR count). The Morgan fingerprint density at radius 3 is 2.53 bits per heavy atom. The number of rotatable bonds is 3. The molecule has 7 heteroatoms. The van der Waals surface area contributed by atoms with E-state index in [0.717, 1.165) is 6.92 Å². The summed E-state index contributed by atoms with van der Waals surface area (Å²) in [6.07, 6.45) is -2.58. The molecule has 0 fully saturated rings. The van der Waals surface area contributed by atoms with Gasteiger partial charge in [0, 0.05) is 6.54 Å². The Bertz CT molecular complexity index is 329. The second kappa shape index (κ2) is 3.80. The molecule has 1 aromatic heterocycles. The van der Waals surface area contributed by atoms with Crippen molar-refractivity contribution in [3.05, 3.63) is 12.2 Å². The van der Waals surface area contributed by atoms with E-state index < -0.39 is 11.7 Å². The topological polar surface area (TPSA) is 56.7 Å². The Morgan fingerprint density at radius 2 is 2.07 bits per heavy atom. The lowest BCUT2D eigenvalue weighted by Gasteiger charge is -2.26. The minimum atomic E-state index is -4.54. The molecule has 2 N–H and O–H groups in total. The molecule has 0 bridgehead atoms. The number of hydrogen-bond acceptors (Lipinski definition) is 3. The highest BCUT2D eigenvalue weighted by atomic mass is 19.4. The molecular formula is C8H13F3N4. The van der Waals surface area contributed by atoms with Gasteiger partial charge in [0.1, 0.15) is 6.33 Å². The Labute approximate surface area is 85.3 Å². The van der Waals surface area contributed by atoms with Crippen LogP contribution in [0, 0.1) is 0 Å². The molecule has 86 valence electrons. The number of nitrogens with two attached hydrogens (primary N) is 1. The average molecular weight is 222 g/mol. The van der Waals surface area contributed by atoms with Crippen molar-refractivity contribution in [2.24, 2.45) is 5.73 Å². The number of hydrogen-bond donors (Lipinski definition) is 1. The number of aromatic nitrogens is 3. The molecule has 1 heterocycles. The van der Waals surface area contributed by atoms with Crippen molar-refractivity contribution in [3.8, 4) is 0 Å². The predicted octanol–water partition coefficient (Wildman–Crippen LogP) is 1.42. The van der Waals surface area contributed by atoms with E-state index in [2.05, 4.69) is 10.2 Å². The van der Waals surface area contributed by atoms with E-state index in [0.29, 0.717) is 13.0 Å². The summed E-state index contributed by atoms with van der Waals surface area (Å²) in [5, 5.41) is 6.89. The highest BCUT2D eigenvalue weighted by Gasteiger charge is 2.52. The van der Waals surface area contributed by atoms with Crippen LogP contribution in [0.5, 0.6) is 0 Å². The number of halogens is 3. The van der Waals surface area contributed by atoms with Crippen molar-refractivity contribution >= 4 is 0 Å². The maximum atomic E-state index is 12.6. The van der Waals surface area contributed by atoms with Crippen molar-refractivity contribution in [1.29, 1.82) is 0 Å². The maximum absolute atomic E-state index is 12.6. The zero-order valence-corrected chi connectivity index (χ0v) is 8.54. The van der Waals surface area contributed by atoms with Crippen LogP contribution in [-0.4, -0.2) is 20.9 Å². The zero-order valence-electron chi connectivity index (χ0n) is 8.54. The van der Waals surface area contributed by atoms with Gasteiger partial charge < -0.3 is 10.3 Å². The van der Waals surface area contributed by atoms with E-state index in [1.807, 2.05) is 6.92 Å². The first-order valence-corrected chi connectivity index (χ1v) is 4.54. The van der Waals surface area contributed by atoms with E-state index in [4.69, 9.17) is 5.73 Å². The van der Waals surface area contributed by atoms with Gasteiger partial charge in [0.25, 0.3) is 0 Å². The van der Waals surface area contributed by atoms with Crippen molar-refractivity contribution in [2.45, 2.75) is 38.5 Å². The first-order valence-electron chi connectivity index (χ1n) is 4.54. The zero-order chi connectivity index (χ0) is 11.7. The van der Waals surface area contributed by atoms with Crippen molar-refractivity contribution in [2.75, 3.05) is 0 Å². The van der Waals surface area contributed by atoms with Gasteiger partial charge >= 0.3 is 6.18 Å². The van der Waals surface area contributed by atoms with E-state index in [1.165, 1.54) is 10.9 Å². The number of aryl methyl sites for hydroxylation is 1. The first-order chi connectivity index (χ1) is 6.80. The van der Waals surface area contributed by atoms with Gasteiger partial charge in [-0.3, -0.25) is 0 Å². The molecule has 0 amide bonds. The fraction of sp³-hybridized carbons (Fsp3) is 0.750. The fourth-order valence-electron chi connectivity index (χ4n) is 1.19. The Kier molecular flexibility index (Phi) is 3.03. The Balaban J connectivity index is 3.09. The van der Waals surface area contributed by atoms with Crippen LogP contribution < -0.4 is 5.73 Å². The Morgan fingerprint density at radius 1 is 1.47 bits per heavy atom. The standard InChI is InChI=1S/C8H13F3N4/c1-3-4-15-5-13-14-6(15)7(2,12)8(9,10)11/h5H,3-4,12H2,1-2H3. The van der Waals surface area contributed by atoms with Gasteiger partial charge in [0.15, 0.2) is 11.4 Å². The fourth-order valence-corrected chi connectivity index (χ4v) is 1.19. The highest BCUT2D eigenvalue weighted by molar-refractivity contribution is 5.07. The van der Waals surface area contributed by atoms with Crippen LogP contribution in [0.25, 0.3) is 0 Å². The largest absolute Gasteiger partial charge is 0.413 e. The quantitative estimate of drug-likeness (QED) is 0.841. The van der Waals surface area contributed by atoms with Gasteiger partial charge in [0.05, 0.1) is 0 Å². The molecule has 0 aliphatic rings. The van der Waals surface area contributed by atoms with Crippen LogP contribution in [0.15, 0.2) is 6.33 Å². The van der Waals surface area contributed by atoms with Crippen LogP contribution >= 0.6 is 0 Å². The van der Waals surface area contributed by atoms with Crippen LogP contribution in [0.4, 0.5) is 13.2 Å². The molecule has 0 saturated carbocycles. The van der Waals surface area contributed by atoms with Crippen LogP contribution in [0.2, 0.25) is 0 Å². The number of alkyl halides is 3. The van der Waals surface area contributed by atoms with Crippen LogP contribution in [0.1, 0.15) is 26.1 Å². The van der Waals surface area contributed by atoms with E-state index >= 15 is 0 Å². The molecule has 1 aromatic rings. The van der Waals surface area contributed by atoms with Gasteiger partial charge in [-0.05, 0) is 13.3 Å². The summed E-state index contributed by atoms with van der Waals surface area (Å²) in [6.45, 7) is 3.17. The van der Waals surface area contributed by atoms with Crippen molar-refractivity contribution in [1.82, 2.24) is 14.8 Å². The van der Waals surface area contributed by atoms with Gasteiger partial charge in [-0.15, -0.1) is 10.2 Å². The van der Waals surface area contributed by atoms with Crippen molar-refractivity contribution < 1.29 is 13.2 Å². The molecular weight excluding hydrogens is 209 g/mol. The van der Waals surface area contributed by atoms with Crippen molar-refractivity contribution in [3.63, 3.8) is 0 Å². The molecule has 0 aliphatic heterocycles. The summed E-state index contributed by atoms with van der Waals surface area (Å²) in [7, 11) is 0. The monoisotopic (exact) mass is 222 g/mol. The molecule has 1 unspecified atom stereocenters. The first kappa shape index (κ1) is 12.0. The normalized spacial score (nSPS) is 16.4. The van der Waals surface area contributed by atoms with Gasteiger partial charge in [-0.1, -0.05) is 6.92 Å². The predicted molar refractivity (Wildman–Crippen MR) is 47.9 cm³/mol. The third kappa shape index (κ3) is 2.11. The summed E-state index contributed by atoms with van der Waals surface area (Å²) in [4.78, 5) is 0. The summed E-state index contributed by atoms with van der Waals surface area (Å²) in [5.41, 5.74) is 2.78. The van der Waals surface area contributed by atoms with E-state index in [-0.39, 0.29) is 5.82 Å². The molecule has 0 spiro atoms. The molecule has 0 aromatic carbocycles. The molecule has 0 aliphatic carbocycles. The minimum Gasteiger partial charge on any atom is -0.316 e. The second-order valence-electron chi connectivity index (χ2n) is 3.55. The summed E-state index contributed by atoms with van der Waals surface area (Å²) in [5.74, 6) is -0.253. The molecule has 0 radical (unpaired) electrons. The van der Waals surface area contributed by atoms with Gasteiger partial charge in [-0.25, -0.2) is 0 Å². The average Bonchev–Trinajstić information content (AvgIpc) is 2.51. The number of nitrogens with zero attached hydrogens (tertiary/aromatic N) is 3. The third-order valence-corrected chi connectivity index (χ3v) is 2.13. The molecule has 4 nitrogen and oxygen atoms in total. The smallest absolute Gasteiger partial charge is 0.316 e. The lowest BCUT2D eigenvalue weighted by Crippen LogP contribution is -2.49. The second-order valence-corrected chi connectivity index (χ2v) is 3.55. The van der Waals surface area contributed by atoms with E-state index in [1.54, 1.807) is 0 Å². The SMILES string of the molecule is CCCn1cnnc1C(C)(N)C(F)(F)F. The van der Waals surface area contributed by atoms with Gasteiger partial charge in [-0.2, -0.15) is 13.2 Å². The summed E-state index contributed by atoms with van der Waals surface area (Å²) < 4.78 is 39.2. The van der Waals surface area contributed by atoms with E-state index in [9.17, 15) is 13.2 Å². The van der Waals surface area contributed by atoms with Gasteiger partial charge in [0.2, 0.25) is 0 Å². The Hall–Kier alpha value is -1.11. The summed E-state index contributed by atoms with van der Waals surface area (Å²) >= 11 is 0. The molecule has 1 atom stereocenters. The minimum absolute atomic E-state index is 0.253. The molecule has 0 saturated heterocycles. The lowest BCUT2D eigenvalue weighted by atomic mass is 10.0. The van der Waals surface area contributed by atoms with Crippen LogP contribution in [0.3, 0.4) is 0 Å². The maximum Gasteiger partial charge on any atom is 0.413 e. The third-order valence-electron chi connectivity index (χ3n) is 2.13. The highest BCUT2D eigenvalue weighted by Crippen LogP contribution is 2.35. The molecule has 15 heavy (non-hydrogen) atoms. The van der Waals surface area contributed by atoms with Crippen LogP contribution in [-0.2, 0) is 12.1 Å². The lowest BCUT2D eigenvalue weighted by molar-refractivity contribution is -0.187.